The number of hydrogen-bond donors (Lipinski definition) is 0. The lowest BCUT2D eigenvalue weighted by atomic mass is 9.87. The number of ketones is 1. The number of carbonyl (C=O) groups is 1. The number of carbonyl (C=O) groups excluding carboxylic acids is 1. The third-order valence-electron chi connectivity index (χ3n) is 8.09. The Kier molecular flexibility index (Phi) is 11.9. The van der Waals surface area contributed by atoms with Crippen molar-refractivity contribution in [3.05, 3.63) is 59.4 Å². The minimum atomic E-state index is -0.291. The zero-order chi connectivity index (χ0) is 26.6. The van der Waals surface area contributed by atoms with Gasteiger partial charge >= 0.3 is 0 Å². The first-order valence-corrected chi connectivity index (χ1v) is 14.2. The standard InChI is InChI=1S/C32H46FNO3/c1-5-6-11-29(34-21-19-26(20-22-34)32(35)25-13-16-28(33)17-14-25)12-9-7-8-10-24(2)27-15-18-30(36-3)31(23-27)37-4/h13-18,23-24,26,29H,5-12,19-22H2,1-4H3. The number of hydrogen-bond acceptors (Lipinski definition) is 4. The Morgan fingerprint density at radius 3 is 2.22 bits per heavy atom. The number of Topliss-reactive ketones (excluding diaryl/α,β-unsaturated/α-hetero) is 1. The molecule has 1 heterocycles. The molecule has 2 aromatic rings. The van der Waals surface area contributed by atoms with Gasteiger partial charge in [-0.3, -0.25) is 4.79 Å². The molecule has 1 saturated heterocycles. The maximum Gasteiger partial charge on any atom is 0.166 e. The second-order valence-corrected chi connectivity index (χ2v) is 10.6. The summed E-state index contributed by atoms with van der Waals surface area (Å²) in [6.45, 7) is 6.54. The van der Waals surface area contributed by atoms with Crippen LogP contribution in [0.5, 0.6) is 11.5 Å². The van der Waals surface area contributed by atoms with Gasteiger partial charge in [0, 0.05) is 17.5 Å². The predicted octanol–water partition coefficient (Wildman–Crippen LogP) is 8.05. The lowest BCUT2D eigenvalue weighted by Crippen LogP contribution is -2.43. The van der Waals surface area contributed by atoms with E-state index in [9.17, 15) is 9.18 Å². The van der Waals surface area contributed by atoms with Gasteiger partial charge in [0.05, 0.1) is 14.2 Å². The van der Waals surface area contributed by atoms with Crippen molar-refractivity contribution in [2.45, 2.75) is 90.0 Å². The summed E-state index contributed by atoms with van der Waals surface area (Å²) < 4.78 is 24.1. The molecule has 1 aliphatic heterocycles. The van der Waals surface area contributed by atoms with E-state index in [0.717, 1.165) is 37.4 Å². The van der Waals surface area contributed by atoms with E-state index in [-0.39, 0.29) is 17.5 Å². The van der Waals surface area contributed by atoms with Gasteiger partial charge in [0.15, 0.2) is 17.3 Å². The van der Waals surface area contributed by atoms with Gasteiger partial charge in [-0.15, -0.1) is 0 Å². The SMILES string of the molecule is CCCCC(CCCCCC(C)c1ccc(OC)c(OC)c1)N1CCC(C(=O)c2ccc(F)cc2)CC1. The molecule has 4 nitrogen and oxygen atoms in total. The molecule has 0 aliphatic carbocycles. The van der Waals surface area contributed by atoms with Crippen molar-refractivity contribution in [3.63, 3.8) is 0 Å². The zero-order valence-electron chi connectivity index (χ0n) is 23.3. The highest BCUT2D eigenvalue weighted by molar-refractivity contribution is 5.97. The van der Waals surface area contributed by atoms with E-state index >= 15 is 0 Å². The summed E-state index contributed by atoms with van der Waals surface area (Å²) in [6, 6.07) is 12.9. The maximum atomic E-state index is 13.2. The summed E-state index contributed by atoms with van der Waals surface area (Å²) in [5.41, 5.74) is 1.95. The second kappa shape index (κ2) is 15.1. The van der Waals surface area contributed by atoms with Crippen LogP contribution in [-0.2, 0) is 0 Å². The first kappa shape index (κ1) is 29.2. The Bertz CT molecular complexity index is 953. The number of benzene rings is 2. The first-order valence-electron chi connectivity index (χ1n) is 14.2. The molecule has 0 aromatic heterocycles. The number of piperidine rings is 1. The number of unbranched alkanes of at least 4 members (excludes halogenated alkanes) is 3. The average molecular weight is 512 g/mol. The van der Waals surface area contributed by atoms with E-state index in [0.29, 0.717) is 17.5 Å². The van der Waals surface area contributed by atoms with Gasteiger partial charge in [-0.25, -0.2) is 4.39 Å². The quantitative estimate of drug-likeness (QED) is 0.179. The summed E-state index contributed by atoms with van der Waals surface area (Å²) in [5, 5.41) is 0. The molecule has 0 saturated carbocycles. The monoisotopic (exact) mass is 511 g/mol. The van der Waals surface area contributed by atoms with Crippen molar-refractivity contribution < 1.29 is 18.7 Å². The van der Waals surface area contributed by atoms with E-state index in [2.05, 4.69) is 30.9 Å². The zero-order valence-corrected chi connectivity index (χ0v) is 23.3. The summed E-state index contributed by atoms with van der Waals surface area (Å²) in [7, 11) is 3.36. The van der Waals surface area contributed by atoms with Crippen LogP contribution in [0.3, 0.4) is 0 Å². The van der Waals surface area contributed by atoms with Crippen LogP contribution >= 0.6 is 0 Å². The predicted molar refractivity (Wildman–Crippen MR) is 149 cm³/mol. The van der Waals surface area contributed by atoms with Crippen LogP contribution in [0.1, 0.15) is 99.9 Å². The first-order chi connectivity index (χ1) is 18.0. The molecule has 3 rings (SSSR count). The third-order valence-corrected chi connectivity index (χ3v) is 8.09. The Labute approximate surface area is 223 Å². The van der Waals surface area contributed by atoms with E-state index in [1.54, 1.807) is 26.4 Å². The Morgan fingerprint density at radius 1 is 0.919 bits per heavy atom. The van der Waals surface area contributed by atoms with Crippen LogP contribution in [0.25, 0.3) is 0 Å². The van der Waals surface area contributed by atoms with Crippen molar-refractivity contribution in [3.8, 4) is 11.5 Å². The van der Waals surface area contributed by atoms with Crippen LogP contribution < -0.4 is 9.47 Å². The largest absolute Gasteiger partial charge is 0.493 e. The van der Waals surface area contributed by atoms with Crippen LogP contribution in [0.15, 0.2) is 42.5 Å². The highest BCUT2D eigenvalue weighted by atomic mass is 19.1. The molecule has 0 bridgehead atoms. The third kappa shape index (κ3) is 8.56. The van der Waals surface area contributed by atoms with Crippen LogP contribution in [0.4, 0.5) is 4.39 Å². The Hall–Kier alpha value is -2.40. The molecular weight excluding hydrogens is 465 g/mol. The lowest BCUT2D eigenvalue weighted by molar-refractivity contribution is 0.0767. The van der Waals surface area contributed by atoms with E-state index < -0.39 is 0 Å². The normalized spacial score (nSPS) is 16.4. The van der Waals surface area contributed by atoms with Gasteiger partial charge in [-0.05, 0) is 93.1 Å². The number of ether oxygens (including phenoxy) is 2. The maximum absolute atomic E-state index is 13.2. The molecule has 1 aliphatic rings. The molecule has 0 N–H and O–H groups in total. The second-order valence-electron chi connectivity index (χ2n) is 10.6. The van der Waals surface area contributed by atoms with Crippen molar-refractivity contribution >= 4 is 5.78 Å². The van der Waals surface area contributed by atoms with Crippen molar-refractivity contribution in [2.24, 2.45) is 5.92 Å². The number of likely N-dealkylation sites (tertiary alicyclic amines) is 1. The van der Waals surface area contributed by atoms with Crippen LogP contribution in [0, 0.1) is 11.7 Å². The molecule has 1 fully saturated rings. The smallest absolute Gasteiger partial charge is 0.166 e. The van der Waals surface area contributed by atoms with E-state index in [1.807, 2.05) is 6.07 Å². The minimum Gasteiger partial charge on any atom is -0.493 e. The van der Waals surface area contributed by atoms with Gasteiger partial charge < -0.3 is 14.4 Å². The van der Waals surface area contributed by atoms with Gasteiger partial charge in [-0.1, -0.05) is 52.0 Å². The van der Waals surface area contributed by atoms with E-state index in [1.165, 1.54) is 69.1 Å². The molecule has 37 heavy (non-hydrogen) atoms. The van der Waals surface area contributed by atoms with E-state index in [4.69, 9.17) is 9.47 Å². The minimum absolute atomic E-state index is 0.0617. The molecule has 2 atom stereocenters. The fraction of sp³-hybridized carbons (Fsp3) is 0.594. The lowest BCUT2D eigenvalue weighted by Gasteiger charge is -2.37. The highest BCUT2D eigenvalue weighted by Gasteiger charge is 2.29. The van der Waals surface area contributed by atoms with Gasteiger partial charge in [0.1, 0.15) is 5.82 Å². The molecule has 0 radical (unpaired) electrons. The van der Waals surface area contributed by atoms with Crippen LogP contribution in [-0.4, -0.2) is 44.0 Å². The number of halogens is 1. The van der Waals surface area contributed by atoms with Gasteiger partial charge in [0.25, 0.3) is 0 Å². The summed E-state index contributed by atoms with van der Waals surface area (Å²) >= 11 is 0. The topological polar surface area (TPSA) is 38.8 Å². The molecule has 2 unspecified atom stereocenters. The molecular formula is C32H46FNO3. The molecule has 0 amide bonds. The molecule has 5 heteroatoms. The van der Waals surface area contributed by atoms with Crippen molar-refractivity contribution in [1.29, 1.82) is 0 Å². The molecule has 0 spiro atoms. The molecule has 2 aromatic carbocycles. The molecule has 204 valence electrons. The fourth-order valence-electron chi connectivity index (χ4n) is 5.66. The summed E-state index contributed by atoms with van der Waals surface area (Å²) in [6.07, 6.45) is 11.7. The van der Waals surface area contributed by atoms with Crippen molar-refractivity contribution in [2.75, 3.05) is 27.3 Å². The van der Waals surface area contributed by atoms with Crippen LogP contribution in [0.2, 0.25) is 0 Å². The summed E-state index contributed by atoms with van der Waals surface area (Å²) in [4.78, 5) is 15.5. The Balaban J connectivity index is 1.43. The fourth-order valence-corrected chi connectivity index (χ4v) is 5.66. The average Bonchev–Trinajstić information content (AvgIpc) is 2.94. The summed E-state index contributed by atoms with van der Waals surface area (Å²) in [5.74, 6) is 2.02. The Morgan fingerprint density at radius 2 is 1.57 bits per heavy atom. The van der Waals surface area contributed by atoms with Gasteiger partial charge in [0.2, 0.25) is 0 Å². The number of methoxy groups -OCH3 is 2. The number of rotatable bonds is 15. The highest BCUT2D eigenvalue weighted by Crippen LogP contribution is 2.32. The van der Waals surface area contributed by atoms with Crippen molar-refractivity contribution in [1.82, 2.24) is 4.90 Å². The van der Waals surface area contributed by atoms with Gasteiger partial charge in [-0.2, -0.15) is 0 Å². The number of nitrogens with zero attached hydrogens (tertiary/aromatic N) is 1.